The molecule has 2 atom stereocenters. The number of likely N-dealkylation sites (tertiary alicyclic amines) is 1. The molecule has 0 bridgehead atoms. The third-order valence-corrected chi connectivity index (χ3v) is 3.77. The average molecular weight is 221 g/mol. The van der Waals surface area contributed by atoms with Gasteiger partial charge < -0.3 is 14.7 Å². The van der Waals surface area contributed by atoms with Crippen LogP contribution >= 0.6 is 0 Å². The largest absolute Gasteiger partial charge is 0.497 e. The summed E-state index contributed by atoms with van der Waals surface area (Å²) in [4.78, 5) is 2.18. The molecular formula is C13H19NO2. The van der Waals surface area contributed by atoms with Crippen molar-refractivity contribution in [2.24, 2.45) is 0 Å². The number of benzene rings is 1. The lowest BCUT2D eigenvalue weighted by molar-refractivity contribution is 0.0107. The Bertz CT molecular complexity index is 380. The Morgan fingerprint density at radius 3 is 2.81 bits per heavy atom. The van der Waals surface area contributed by atoms with Crippen LogP contribution in [-0.2, 0) is 5.60 Å². The van der Waals surface area contributed by atoms with Crippen molar-refractivity contribution in [1.29, 1.82) is 0 Å². The van der Waals surface area contributed by atoms with E-state index in [0.29, 0.717) is 0 Å². The fourth-order valence-electron chi connectivity index (χ4n) is 2.39. The average Bonchev–Trinajstić information content (AvgIpc) is 2.59. The van der Waals surface area contributed by atoms with Gasteiger partial charge >= 0.3 is 0 Å². The molecule has 1 aliphatic rings. The van der Waals surface area contributed by atoms with Crippen LogP contribution in [0.2, 0.25) is 0 Å². The van der Waals surface area contributed by atoms with E-state index in [1.54, 1.807) is 7.11 Å². The van der Waals surface area contributed by atoms with E-state index in [0.717, 1.165) is 24.3 Å². The monoisotopic (exact) mass is 221 g/mol. The molecule has 0 unspecified atom stereocenters. The molecule has 1 heterocycles. The molecule has 0 amide bonds. The summed E-state index contributed by atoms with van der Waals surface area (Å²) in [7, 11) is 3.69. The highest BCUT2D eigenvalue weighted by Crippen LogP contribution is 2.37. The zero-order chi connectivity index (χ0) is 11.8. The minimum Gasteiger partial charge on any atom is -0.497 e. The topological polar surface area (TPSA) is 32.7 Å². The molecule has 3 heteroatoms. The molecule has 0 aliphatic carbocycles. The molecule has 1 aliphatic heterocycles. The lowest BCUT2D eigenvalue weighted by Gasteiger charge is -2.30. The Labute approximate surface area is 96.6 Å². The SMILES string of the molecule is COc1cccc([C@@]2(O)CCN(C)[C@H]2C)c1. The Kier molecular flexibility index (Phi) is 2.91. The van der Waals surface area contributed by atoms with E-state index < -0.39 is 5.60 Å². The van der Waals surface area contributed by atoms with Gasteiger partial charge in [0.05, 0.1) is 7.11 Å². The van der Waals surface area contributed by atoms with Gasteiger partial charge in [0.1, 0.15) is 11.4 Å². The van der Waals surface area contributed by atoms with Crippen molar-refractivity contribution in [3.63, 3.8) is 0 Å². The van der Waals surface area contributed by atoms with Gasteiger partial charge in [-0.2, -0.15) is 0 Å². The Morgan fingerprint density at radius 1 is 1.50 bits per heavy atom. The van der Waals surface area contributed by atoms with Crippen molar-refractivity contribution in [1.82, 2.24) is 4.90 Å². The fraction of sp³-hybridized carbons (Fsp3) is 0.538. The van der Waals surface area contributed by atoms with Crippen molar-refractivity contribution in [3.05, 3.63) is 29.8 Å². The third-order valence-electron chi connectivity index (χ3n) is 3.77. The van der Waals surface area contributed by atoms with E-state index in [-0.39, 0.29) is 6.04 Å². The van der Waals surface area contributed by atoms with Crippen LogP contribution in [0.5, 0.6) is 5.75 Å². The van der Waals surface area contributed by atoms with Crippen LogP contribution in [0.1, 0.15) is 18.9 Å². The maximum absolute atomic E-state index is 10.7. The Hall–Kier alpha value is -1.06. The van der Waals surface area contributed by atoms with Crippen LogP contribution in [0, 0.1) is 0 Å². The van der Waals surface area contributed by atoms with Gasteiger partial charge in [-0.15, -0.1) is 0 Å². The summed E-state index contributed by atoms with van der Waals surface area (Å²) in [5.41, 5.74) is 0.201. The van der Waals surface area contributed by atoms with E-state index in [9.17, 15) is 5.11 Å². The standard InChI is InChI=1S/C13H19NO2/c1-10-13(15,7-8-14(10)2)11-5-4-6-12(9-11)16-3/h4-6,9-10,15H,7-8H2,1-3H3/t10-,13+/m0/s1. The lowest BCUT2D eigenvalue weighted by Crippen LogP contribution is -2.38. The number of hydrogen-bond donors (Lipinski definition) is 1. The van der Waals surface area contributed by atoms with Crippen molar-refractivity contribution in [3.8, 4) is 5.75 Å². The maximum Gasteiger partial charge on any atom is 0.119 e. The molecule has 0 spiro atoms. The van der Waals surface area contributed by atoms with E-state index in [4.69, 9.17) is 4.74 Å². The van der Waals surface area contributed by atoms with Crippen molar-refractivity contribution >= 4 is 0 Å². The molecule has 1 aromatic carbocycles. The number of likely N-dealkylation sites (N-methyl/N-ethyl adjacent to an activating group) is 1. The summed E-state index contributed by atoms with van der Waals surface area (Å²) < 4.78 is 5.20. The minimum atomic E-state index is -0.747. The number of aliphatic hydroxyl groups is 1. The predicted octanol–water partition coefficient (Wildman–Crippen LogP) is 1.61. The van der Waals surface area contributed by atoms with Crippen LogP contribution in [-0.4, -0.2) is 36.8 Å². The molecule has 1 saturated heterocycles. The highest BCUT2D eigenvalue weighted by molar-refractivity contribution is 5.34. The molecule has 1 N–H and O–H groups in total. The van der Waals surface area contributed by atoms with Crippen molar-refractivity contribution in [2.75, 3.05) is 20.7 Å². The number of ether oxygens (including phenoxy) is 1. The van der Waals surface area contributed by atoms with Gasteiger partial charge in [-0.3, -0.25) is 0 Å². The molecule has 0 radical (unpaired) electrons. The predicted molar refractivity (Wildman–Crippen MR) is 63.6 cm³/mol. The van der Waals surface area contributed by atoms with E-state index >= 15 is 0 Å². The van der Waals surface area contributed by atoms with E-state index in [1.807, 2.05) is 31.3 Å². The Balaban J connectivity index is 2.35. The summed E-state index contributed by atoms with van der Waals surface area (Å²) in [6.07, 6.45) is 0.776. The lowest BCUT2D eigenvalue weighted by atomic mass is 9.87. The first-order valence-corrected chi connectivity index (χ1v) is 5.65. The zero-order valence-electron chi connectivity index (χ0n) is 10.1. The van der Waals surface area contributed by atoms with Gasteiger partial charge in [0.15, 0.2) is 0 Å². The molecule has 0 aromatic heterocycles. The summed E-state index contributed by atoms with van der Waals surface area (Å²) in [5.74, 6) is 0.799. The number of hydrogen-bond acceptors (Lipinski definition) is 3. The molecule has 2 rings (SSSR count). The minimum absolute atomic E-state index is 0.139. The van der Waals surface area contributed by atoms with Gasteiger partial charge in [-0.1, -0.05) is 12.1 Å². The Morgan fingerprint density at radius 2 is 2.25 bits per heavy atom. The summed E-state index contributed by atoms with van der Waals surface area (Å²) in [5, 5.41) is 10.7. The highest BCUT2D eigenvalue weighted by atomic mass is 16.5. The van der Waals surface area contributed by atoms with E-state index in [1.165, 1.54) is 0 Å². The molecule has 1 fully saturated rings. The molecule has 3 nitrogen and oxygen atoms in total. The number of nitrogens with zero attached hydrogens (tertiary/aromatic N) is 1. The molecule has 1 aromatic rings. The second kappa shape index (κ2) is 4.07. The van der Waals surface area contributed by atoms with Crippen LogP contribution in [0.25, 0.3) is 0 Å². The van der Waals surface area contributed by atoms with Gasteiger partial charge in [-0.25, -0.2) is 0 Å². The van der Waals surface area contributed by atoms with Gasteiger partial charge in [0, 0.05) is 12.6 Å². The van der Waals surface area contributed by atoms with Crippen LogP contribution in [0.15, 0.2) is 24.3 Å². The normalized spacial score (nSPS) is 30.6. The van der Waals surface area contributed by atoms with Gasteiger partial charge in [0.2, 0.25) is 0 Å². The number of rotatable bonds is 2. The summed E-state index contributed by atoms with van der Waals surface area (Å²) in [6, 6.07) is 7.86. The second-order valence-corrected chi connectivity index (χ2v) is 4.56. The molecule has 88 valence electrons. The van der Waals surface area contributed by atoms with Crippen LogP contribution in [0.3, 0.4) is 0 Å². The maximum atomic E-state index is 10.7. The quantitative estimate of drug-likeness (QED) is 0.823. The number of methoxy groups -OCH3 is 1. The first kappa shape index (κ1) is 11.4. The fourth-order valence-corrected chi connectivity index (χ4v) is 2.39. The second-order valence-electron chi connectivity index (χ2n) is 4.56. The smallest absolute Gasteiger partial charge is 0.119 e. The van der Waals surface area contributed by atoms with Crippen molar-refractivity contribution in [2.45, 2.75) is 25.0 Å². The summed E-state index contributed by atoms with van der Waals surface area (Å²) >= 11 is 0. The van der Waals surface area contributed by atoms with Crippen LogP contribution < -0.4 is 4.74 Å². The first-order chi connectivity index (χ1) is 7.58. The van der Waals surface area contributed by atoms with E-state index in [2.05, 4.69) is 11.8 Å². The van der Waals surface area contributed by atoms with Crippen LogP contribution in [0.4, 0.5) is 0 Å². The third kappa shape index (κ3) is 1.70. The van der Waals surface area contributed by atoms with Gasteiger partial charge in [-0.05, 0) is 38.1 Å². The molecular weight excluding hydrogens is 202 g/mol. The molecule has 0 saturated carbocycles. The first-order valence-electron chi connectivity index (χ1n) is 5.65. The van der Waals surface area contributed by atoms with Crippen molar-refractivity contribution < 1.29 is 9.84 Å². The zero-order valence-corrected chi connectivity index (χ0v) is 10.1. The highest BCUT2D eigenvalue weighted by Gasteiger charge is 2.43. The molecule has 16 heavy (non-hydrogen) atoms. The summed E-state index contributed by atoms with van der Waals surface area (Å²) in [6.45, 7) is 2.99. The van der Waals surface area contributed by atoms with Gasteiger partial charge in [0.25, 0.3) is 0 Å².